The number of aliphatic imine (C=N–C) groups is 1. The second kappa shape index (κ2) is 16.9. The summed E-state index contributed by atoms with van der Waals surface area (Å²) in [7, 11) is 0.00662. The van der Waals surface area contributed by atoms with Gasteiger partial charge in [0, 0.05) is 39.8 Å². The van der Waals surface area contributed by atoms with E-state index >= 15 is 0 Å². The average Bonchev–Trinajstić information content (AvgIpc) is 3.51. The number of benzene rings is 2. The number of amides is 4. The Labute approximate surface area is 292 Å². The molecule has 0 aliphatic carbocycles. The Morgan fingerprint density at radius 2 is 1.78 bits per heavy atom. The van der Waals surface area contributed by atoms with Crippen molar-refractivity contribution in [1.29, 1.82) is 0 Å². The lowest BCUT2D eigenvalue weighted by molar-refractivity contribution is -0.122. The van der Waals surface area contributed by atoms with Crippen molar-refractivity contribution >= 4 is 49.2 Å². The number of rotatable bonds is 14. The number of fused-ring (bicyclic) bond motifs is 2. The molecule has 14 heteroatoms. The average molecular weight is 705 g/mol. The SMILES string of the molecule is C=CCOC(=O)N=C(CCc1ccc(C2=CN3C(=O)c4cc(OC)c(O)cc4N(COCC[Si](C)(C)C)C(=O)[C@@H]3C2)cc1)NC(=O)OCC=C. The van der Waals surface area contributed by atoms with Crippen LogP contribution in [0.5, 0.6) is 11.5 Å². The Hall–Kier alpha value is -5.21. The van der Waals surface area contributed by atoms with Gasteiger partial charge in [-0.2, -0.15) is 4.99 Å². The van der Waals surface area contributed by atoms with E-state index in [1.54, 1.807) is 6.20 Å². The summed E-state index contributed by atoms with van der Waals surface area (Å²) in [4.78, 5) is 58.9. The fourth-order valence-corrected chi connectivity index (χ4v) is 6.05. The topological polar surface area (TPSA) is 156 Å². The third-order valence-corrected chi connectivity index (χ3v) is 9.67. The zero-order chi connectivity index (χ0) is 36.4. The molecule has 4 rings (SSSR count). The van der Waals surface area contributed by atoms with E-state index in [1.807, 2.05) is 24.3 Å². The van der Waals surface area contributed by atoms with Gasteiger partial charge in [0.2, 0.25) is 0 Å². The lowest BCUT2D eigenvalue weighted by atomic mass is 9.99. The summed E-state index contributed by atoms with van der Waals surface area (Å²) in [5.74, 6) is -0.723. The molecule has 2 aliphatic heterocycles. The number of hydrogen-bond donors (Lipinski definition) is 2. The molecule has 266 valence electrons. The first kappa shape index (κ1) is 37.6. The predicted molar refractivity (Wildman–Crippen MR) is 192 cm³/mol. The van der Waals surface area contributed by atoms with E-state index in [4.69, 9.17) is 18.9 Å². The highest BCUT2D eigenvalue weighted by Gasteiger charge is 2.43. The number of carbonyl (C=O) groups is 4. The zero-order valence-corrected chi connectivity index (χ0v) is 29.9. The number of phenolic OH excluding ortho intramolecular Hbond substituents is 1. The molecule has 50 heavy (non-hydrogen) atoms. The molecule has 2 aliphatic rings. The number of nitrogens with zero attached hydrogens (tertiary/aromatic N) is 3. The summed E-state index contributed by atoms with van der Waals surface area (Å²) < 4.78 is 21.1. The molecular formula is C36H44N4O9Si. The lowest BCUT2D eigenvalue weighted by Gasteiger charge is -2.26. The van der Waals surface area contributed by atoms with Gasteiger partial charge in [0.05, 0.1) is 18.4 Å². The van der Waals surface area contributed by atoms with Gasteiger partial charge in [0.15, 0.2) is 11.5 Å². The minimum Gasteiger partial charge on any atom is -0.504 e. The van der Waals surface area contributed by atoms with E-state index in [0.717, 1.165) is 22.7 Å². The van der Waals surface area contributed by atoms with E-state index in [1.165, 1.54) is 41.2 Å². The molecule has 2 aromatic carbocycles. The van der Waals surface area contributed by atoms with Crippen molar-refractivity contribution in [3.63, 3.8) is 0 Å². The van der Waals surface area contributed by atoms with Crippen LogP contribution in [0.3, 0.4) is 0 Å². The summed E-state index contributed by atoms with van der Waals surface area (Å²) >= 11 is 0. The van der Waals surface area contributed by atoms with Gasteiger partial charge < -0.3 is 29.0 Å². The van der Waals surface area contributed by atoms with E-state index < -0.39 is 32.2 Å². The largest absolute Gasteiger partial charge is 0.504 e. The summed E-state index contributed by atoms with van der Waals surface area (Å²) in [5, 5.41) is 13.0. The monoisotopic (exact) mass is 704 g/mol. The number of aryl methyl sites for hydroxylation is 1. The molecule has 0 fully saturated rings. The van der Waals surface area contributed by atoms with Crippen LogP contribution in [0.1, 0.15) is 34.3 Å². The van der Waals surface area contributed by atoms with Gasteiger partial charge in [-0.05, 0) is 35.2 Å². The number of alkyl carbamates (subject to hydrolysis) is 1. The molecule has 0 spiro atoms. The van der Waals surface area contributed by atoms with Crippen LogP contribution in [0.25, 0.3) is 5.57 Å². The van der Waals surface area contributed by atoms with Crippen molar-refractivity contribution in [2.24, 2.45) is 4.99 Å². The highest BCUT2D eigenvalue weighted by Crippen LogP contribution is 2.41. The molecule has 2 aromatic rings. The number of hydrogen-bond acceptors (Lipinski definition) is 9. The maximum atomic E-state index is 14.1. The molecule has 0 bridgehead atoms. The number of nitrogens with one attached hydrogen (secondary N) is 1. The fraction of sp³-hybridized carbons (Fsp3) is 0.361. The standard InChI is InChI=1S/C36H44N4O9Si/c1-7-15-48-35(44)37-32(38-36(45)49-16-8-2)14-11-24-9-12-25(13-10-24)26-19-29-34(43)40(23-47-17-18-50(4,5)6)28-21-30(41)31(46-3)20-27(28)33(42)39(29)22-26/h7-10,12-13,20-22,29,41H,1-2,11,14-19,23H2,3-6H3,(H,37,38,44,45)/t29-/m0/s1. The first-order valence-corrected chi connectivity index (χ1v) is 19.9. The van der Waals surface area contributed by atoms with Gasteiger partial charge in [-0.1, -0.05) is 69.2 Å². The Kier molecular flexibility index (Phi) is 12.7. The van der Waals surface area contributed by atoms with Crippen molar-refractivity contribution in [2.45, 2.75) is 51.0 Å². The number of amidine groups is 1. The fourth-order valence-electron chi connectivity index (χ4n) is 5.29. The third kappa shape index (κ3) is 9.69. The lowest BCUT2D eigenvalue weighted by Crippen LogP contribution is -2.45. The number of methoxy groups -OCH3 is 1. The van der Waals surface area contributed by atoms with Crippen molar-refractivity contribution in [1.82, 2.24) is 10.2 Å². The second-order valence-corrected chi connectivity index (χ2v) is 18.5. The highest BCUT2D eigenvalue weighted by atomic mass is 28.3. The Bertz CT molecular complexity index is 1680. The maximum Gasteiger partial charge on any atom is 0.435 e. The van der Waals surface area contributed by atoms with Gasteiger partial charge in [0.25, 0.3) is 11.8 Å². The minimum atomic E-state index is -1.39. The van der Waals surface area contributed by atoms with Crippen LogP contribution in [0.15, 0.2) is 72.9 Å². The van der Waals surface area contributed by atoms with Gasteiger partial charge in [-0.25, -0.2) is 9.59 Å². The van der Waals surface area contributed by atoms with Gasteiger partial charge in [0.1, 0.15) is 31.8 Å². The van der Waals surface area contributed by atoms with Gasteiger partial charge >= 0.3 is 12.2 Å². The number of aromatic hydroxyl groups is 1. The highest BCUT2D eigenvalue weighted by molar-refractivity contribution is 6.76. The summed E-state index contributed by atoms with van der Waals surface area (Å²) in [6.45, 7) is 14.1. The maximum absolute atomic E-state index is 14.1. The molecule has 4 amide bonds. The molecule has 13 nitrogen and oxygen atoms in total. The normalized spacial score (nSPS) is 15.8. The number of ether oxygens (including phenoxy) is 4. The minimum absolute atomic E-state index is 0.0123. The molecule has 2 N–H and O–H groups in total. The van der Waals surface area contributed by atoms with E-state index in [9.17, 15) is 24.3 Å². The van der Waals surface area contributed by atoms with Crippen molar-refractivity contribution < 1.29 is 43.2 Å². The molecule has 0 radical (unpaired) electrons. The number of phenols is 1. The molecule has 0 saturated carbocycles. The molecular weight excluding hydrogens is 661 g/mol. The Morgan fingerprint density at radius 3 is 2.44 bits per heavy atom. The number of carbonyl (C=O) groups excluding carboxylic acids is 4. The van der Waals surface area contributed by atoms with Gasteiger partial charge in [-0.3, -0.25) is 19.8 Å². The summed E-state index contributed by atoms with van der Waals surface area (Å²) in [6.07, 6.45) is 3.73. The van der Waals surface area contributed by atoms with Crippen molar-refractivity contribution in [2.75, 3.05) is 38.6 Å². The van der Waals surface area contributed by atoms with E-state index in [0.29, 0.717) is 13.0 Å². The van der Waals surface area contributed by atoms with Crippen LogP contribution in [-0.4, -0.2) is 87.6 Å². The molecule has 1 atom stereocenters. The van der Waals surface area contributed by atoms with Crippen LogP contribution >= 0.6 is 0 Å². The van der Waals surface area contributed by atoms with Crippen molar-refractivity contribution in [3.8, 4) is 11.5 Å². The smallest absolute Gasteiger partial charge is 0.435 e. The molecule has 0 saturated heterocycles. The van der Waals surface area contributed by atoms with Crippen LogP contribution in [0, 0.1) is 0 Å². The summed E-state index contributed by atoms with van der Waals surface area (Å²) in [6, 6.07) is 10.4. The van der Waals surface area contributed by atoms with Crippen LogP contribution in [-0.2, 0) is 25.4 Å². The quantitative estimate of drug-likeness (QED) is 0.0806. The van der Waals surface area contributed by atoms with E-state index in [2.05, 4.69) is 43.1 Å². The third-order valence-electron chi connectivity index (χ3n) is 7.97. The van der Waals surface area contributed by atoms with Crippen LogP contribution in [0.4, 0.5) is 15.3 Å². The first-order chi connectivity index (χ1) is 23.8. The zero-order valence-electron chi connectivity index (χ0n) is 28.9. The number of anilines is 1. The van der Waals surface area contributed by atoms with Crippen LogP contribution < -0.4 is 15.0 Å². The second-order valence-electron chi connectivity index (χ2n) is 12.9. The summed E-state index contributed by atoms with van der Waals surface area (Å²) in [5.41, 5.74) is 2.96. The van der Waals surface area contributed by atoms with Crippen molar-refractivity contribution in [3.05, 3.63) is 84.6 Å². The first-order valence-electron chi connectivity index (χ1n) is 16.2. The molecule has 2 heterocycles. The molecule has 0 aromatic heterocycles. The van der Waals surface area contributed by atoms with E-state index in [-0.39, 0.29) is 67.3 Å². The van der Waals surface area contributed by atoms with Crippen LogP contribution in [0.2, 0.25) is 25.7 Å². The predicted octanol–water partition coefficient (Wildman–Crippen LogP) is 5.88. The van der Waals surface area contributed by atoms with Gasteiger partial charge in [-0.15, -0.1) is 0 Å². The molecule has 0 unspecified atom stereocenters. The Morgan fingerprint density at radius 1 is 1.08 bits per heavy atom. The Balaban J connectivity index is 1.53.